The molecule has 0 spiro atoms. The third kappa shape index (κ3) is 3630. The van der Waals surface area contributed by atoms with Crippen LogP contribution in [0.1, 0.15) is 0 Å². The van der Waals surface area contributed by atoms with Gasteiger partial charge in [0.15, 0.2) is 0 Å². The van der Waals surface area contributed by atoms with E-state index in [0.29, 0.717) is 0 Å². The molecule has 0 aromatic heterocycles. The van der Waals surface area contributed by atoms with Crippen LogP contribution in [0.3, 0.4) is 0 Å². The molecule has 0 amide bonds. The predicted octanol–water partition coefficient (Wildman–Crippen LogP) is -3.96. The molecule has 110 valence electrons. The molecule has 12 nitrogen and oxygen atoms in total. The van der Waals surface area contributed by atoms with Gasteiger partial charge in [-0.05, 0) is 0 Å². The van der Waals surface area contributed by atoms with Crippen molar-refractivity contribution >= 4 is 41.1 Å². The molecular weight excluding hydrogens is 423 g/mol. The fraction of sp³-hybridized carbons (Fsp3) is 0. The molecule has 0 aliphatic carbocycles. The van der Waals surface area contributed by atoms with Gasteiger partial charge < -0.3 is 27.3 Å². The predicted molar refractivity (Wildman–Crippen MR) is 42.5 cm³/mol. The summed E-state index contributed by atoms with van der Waals surface area (Å²) >= 11 is 0. The molecule has 0 aliphatic rings. The fourth-order valence-corrected chi connectivity index (χ4v) is 0. The minimum absolute atomic E-state index is 0. The van der Waals surface area contributed by atoms with Crippen LogP contribution in [0, 0.1) is 0 Å². The molecule has 0 saturated carbocycles. The van der Waals surface area contributed by atoms with Crippen molar-refractivity contribution in [3.05, 3.63) is 0 Å². The molecule has 1 atom stereocenters. The molecular formula is H3Cr2O12PS3. The Kier molecular flexibility index (Phi) is 29.4. The molecule has 1 unspecified atom stereocenters. The molecule has 18 heavy (non-hydrogen) atoms. The SMILES string of the molecule is O=S(=O)([O-])[O-].O=S(=O)([O-])[O-].O=S(=O)([O-])[O-].P.[Cr+3].[Cr+3]. The van der Waals surface area contributed by atoms with E-state index in [0.717, 1.165) is 0 Å². The third-order valence-electron chi connectivity index (χ3n) is 0. The third-order valence-corrected chi connectivity index (χ3v) is 0. The smallest absolute Gasteiger partial charge is 0.759 e. The molecule has 0 aliphatic heterocycles. The maximum absolute atomic E-state index is 8.52. The van der Waals surface area contributed by atoms with Crippen LogP contribution >= 0.6 is 9.90 Å². The maximum atomic E-state index is 8.52. The van der Waals surface area contributed by atoms with E-state index in [4.69, 9.17) is 52.6 Å². The van der Waals surface area contributed by atoms with Crippen molar-refractivity contribution in [1.29, 1.82) is 0 Å². The second kappa shape index (κ2) is 14.5. The Morgan fingerprint density at radius 3 is 0.444 bits per heavy atom. The largest absolute Gasteiger partial charge is 3.00 e. The van der Waals surface area contributed by atoms with Gasteiger partial charge in [-0.3, -0.25) is 25.3 Å². The van der Waals surface area contributed by atoms with Crippen molar-refractivity contribution < 1.29 is 87.3 Å². The van der Waals surface area contributed by atoms with Gasteiger partial charge in [0.25, 0.3) is 0 Å². The van der Waals surface area contributed by atoms with Gasteiger partial charge in [-0.1, -0.05) is 0 Å². The minimum Gasteiger partial charge on any atom is -0.759 e. The first-order valence-electron chi connectivity index (χ1n) is 2.00. The molecule has 0 fully saturated rings. The first-order valence-corrected chi connectivity index (χ1v) is 6.00. The Hall–Kier alpha value is 1.10. The summed E-state index contributed by atoms with van der Waals surface area (Å²) in [4.78, 5) is 0. The normalized spacial score (nSPS) is 9.67. The van der Waals surface area contributed by atoms with E-state index in [1.165, 1.54) is 0 Å². The van der Waals surface area contributed by atoms with E-state index in [1.54, 1.807) is 0 Å². The molecule has 2 radical (unpaired) electrons. The number of hydrogen-bond acceptors (Lipinski definition) is 12. The van der Waals surface area contributed by atoms with E-state index < -0.39 is 31.2 Å². The summed E-state index contributed by atoms with van der Waals surface area (Å²) in [6.07, 6.45) is 0. The summed E-state index contributed by atoms with van der Waals surface area (Å²) in [5, 5.41) is 0. The Morgan fingerprint density at radius 1 is 0.444 bits per heavy atom. The number of rotatable bonds is 0. The van der Waals surface area contributed by atoms with Crippen molar-refractivity contribution in [1.82, 2.24) is 0 Å². The van der Waals surface area contributed by atoms with Crippen LogP contribution < -0.4 is 0 Å². The molecule has 0 rings (SSSR count). The van der Waals surface area contributed by atoms with E-state index in [1.807, 2.05) is 0 Å². The zero-order chi connectivity index (χ0) is 13.5. The van der Waals surface area contributed by atoms with Crippen molar-refractivity contribution in [3.8, 4) is 0 Å². The van der Waals surface area contributed by atoms with Crippen LogP contribution in [0.25, 0.3) is 0 Å². The Balaban J connectivity index is -0.0000000277. The van der Waals surface area contributed by atoms with Crippen LogP contribution in [-0.4, -0.2) is 52.6 Å². The van der Waals surface area contributed by atoms with Gasteiger partial charge in [0.1, 0.15) is 0 Å². The molecule has 0 aromatic carbocycles. The maximum Gasteiger partial charge on any atom is 3.00 e. The van der Waals surface area contributed by atoms with Crippen LogP contribution in [0.5, 0.6) is 0 Å². The van der Waals surface area contributed by atoms with Crippen LogP contribution in [0.2, 0.25) is 0 Å². The molecule has 0 N–H and O–H groups in total. The summed E-state index contributed by atoms with van der Waals surface area (Å²) in [6.45, 7) is 0. The zero-order valence-corrected chi connectivity index (χ0v) is 14.1. The van der Waals surface area contributed by atoms with E-state index >= 15 is 0 Å². The van der Waals surface area contributed by atoms with Crippen molar-refractivity contribution in [2.75, 3.05) is 0 Å². The van der Waals surface area contributed by atoms with Gasteiger partial charge in [-0.2, -0.15) is 9.90 Å². The van der Waals surface area contributed by atoms with Crippen LogP contribution in [0.4, 0.5) is 0 Å². The standard InChI is InChI=1S/2Cr.3H2O4S.H3P/c;;3*1-5(2,3)4;/h;;3*(H2,1,2,3,4);1H3/q2*+3;;;;/p-6. The Labute approximate surface area is 128 Å². The average molecular weight is 426 g/mol. The van der Waals surface area contributed by atoms with Gasteiger partial charge in [-0.25, -0.2) is 0 Å². The minimum atomic E-state index is -5.17. The second-order valence-corrected chi connectivity index (χ2v) is 3.67. The first kappa shape index (κ1) is 36.5. The summed E-state index contributed by atoms with van der Waals surface area (Å²) in [6, 6.07) is 0. The van der Waals surface area contributed by atoms with Gasteiger partial charge in [0.05, 0.1) is 0 Å². The Bertz CT molecular complexity index is 346. The fourth-order valence-electron chi connectivity index (χ4n) is 0. The molecule has 0 aromatic rings. The second-order valence-electron chi connectivity index (χ2n) is 1.22. The van der Waals surface area contributed by atoms with Gasteiger partial charge >= 0.3 is 34.7 Å². The van der Waals surface area contributed by atoms with Crippen molar-refractivity contribution in [3.63, 3.8) is 0 Å². The summed E-state index contributed by atoms with van der Waals surface area (Å²) in [5.74, 6) is 0. The Morgan fingerprint density at radius 2 is 0.444 bits per heavy atom. The van der Waals surface area contributed by atoms with E-state index in [9.17, 15) is 0 Å². The molecule has 0 heterocycles. The summed E-state index contributed by atoms with van der Waals surface area (Å²) in [5.41, 5.74) is 0. The summed E-state index contributed by atoms with van der Waals surface area (Å²) < 4.78 is 102. The monoisotopic (exact) mass is 426 g/mol. The molecule has 0 bridgehead atoms. The zero-order valence-electron chi connectivity index (χ0n) is 7.65. The van der Waals surface area contributed by atoms with Crippen molar-refractivity contribution in [2.24, 2.45) is 0 Å². The molecule has 0 saturated heterocycles. The van der Waals surface area contributed by atoms with Crippen LogP contribution in [-0.2, 0) is 65.9 Å². The topological polar surface area (TPSA) is 241 Å². The first-order chi connectivity index (χ1) is 6.00. The summed E-state index contributed by atoms with van der Waals surface area (Å²) in [7, 11) is -15.5. The van der Waals surface area contributed by atoms with Gasteiger partial charge in [-0.15, -0.1) is 0 Å². The van der Waals surface area contributed by atoms with E-state index in [-0.39, 0.29) is 44.6 Å². The van der Waals surface area contributed by atoms with Gasteiger partial charge in [0.2, 0.25) is 0 Å². The van der Waals surface area contributed by atoms with E-state index in [2.05, 4.69) is 0 Å². The number of hydrogen-bond donors (Lipinski definition) is 0. The van der Waals surface area contributed by atoms with Gasteiger partial charge in [0, 0.05) is 31.2 Å². The average Bonchev–Trinajstić information content (AvgIpc) is 1.41. The van der Waals surface area contributed by atoms with Crippen molar-refractivity contribution in [2.45, 2.75) is 0 Å². The quantitative estimate of drug-likeness (QED) is 0.205. The molecule has 18 heteroatoms. The van der Waals surface area contributed by atoms with Crippen LogP contribution in [0.15, 0.2) is 0 Å².